The van der Waals surface area contributed by atoms with Crippen LogP contribution in [0.25, 0.3) is 12.2 Å². The van der Waals surface area contributed by atoms with Crippen LogP contribution < -0.4 is 5.32 Å². The Kier molecular flexibility index (Phi) is 3.41. The van der Waals surface area contributed by atoms with E-state index in [1.165, 1.54) is 0 Å². The largest absolute Gasteiger partial charge is 0.295 e. The Hall–Kier alpha value is -2.17. The highest BCUT2D eigenvalue weighted by Gasteiger charge is 2.28. The number of nitrogens with one attached hydrogen (secondary N) is 1. The zero-order valence-corrected chi connectivity index (χ0v) is 10.2. The van der Waals surface area contributed by atoms with Gasteiger partial charge < -0.3 is 0 Å². The van der Waals surface area contributed by atoms with E-state index in [9.17, 15) is 9.59 Å². The van der Waals surface area contributed by atoms with Crippen LogP contribution in [0.4, 0.5) is 0 Å². The molecule has 5 nitrogen and oxygen atoms in total. The Morgan fingerprint density at radius 3 is 2.94 bits per heavy atom. The van der Waals surface area contributed by atoms with Gasteiger partial charge in [-0.1, -0.05) is 18.7 Å². The SMILES string of the molecule is C=Cc1cn(C2CCC(=O)NC2=O)nc1/C=C\C. The zero-order chi connectivity index (χ0) is 13.1. The van der Waals surface area contributed by atoms with Gasteiger partial charge in [-0.15, -0.1) is 0 Å². The summed E-state index contributed by atoms with van der Waals surface area (Å²) in [5.74, 6) is -0.516. The van der Waals surface area contributed by atoms with Gasteiger partial charge >= 0.3 is 0 Å². The molecule has 1 N–H and O–H groups in total. The number of allylic oxidation sites excluding steroid dienone is 1. The van der Waals surface area contributed by atoms with Crippen LogP contribution in [-0.2, 0) is 9.59 Å². The molecule has 2 amide bonds. The number of carbonyl (C=O) groups excluding carboxylic acids is 2. The monoisotopic (exact) mass is 245 g/mol. The second-order valence-corrected chi connectivity index (χ2v) is 4.12. The molecule has 2 heterocycles. The Morgan fingerprint density at radius 2 is 2.33 bits per heavy atom. The first-order valence-corrected chi connectivity index (χ1v) is 5.83. The van der Waals surface area contributed by atoms with Gasteiger partial charge in [0, 0.05) is 18.2 Å². The smallest absolute Gasteiger partial charge is 0.251 e. The highest BCUT2D eigenvalue weighted by Crippen LogP contribution is 2.20. The molecule has 1 fully saturated rings. The van der Waals surface area contributed by atoms with Gasteiger partial charge in [0.05, 0.1) is 5.69 Å². The van der Waals surface area contributed by atoms with Crippen molar-refractivity contribution in [3.05, 3.63) is 30.1 Å². The fraction of sp³-hybridized carbons (Fsp3) is 0.308. The van der Waals surface area contributed by atoms with Gasteiger partial charge in [-0.25, -0.2) is 0 Å². The van der Waals surface area contributed by atoms with E-state index in [1.807, 2.05) is 19.1 Å². The van der Waals surface area contributed by atoms with E-state index in [-0.39, 0.29) is 11.8 Å². The lowest BCUT2D eigenvalue weighted by atomic mass is 10.1. The average molecular weight is 245 g/mol. The molecule has 1 aliphatic rings. The number of rotatable bonds is 3. The molecule has 1 atom stereocenters. The fourth-order valence-corrected chi connectivity index (χ4v) is 1.96. The quantitative estimate of drug-likeness (QED) is 0.821. The molecule has 1 aromatic heterocycles. The predicted octanol–water partition coefficient (Wildman–Crippen LogP) is 1.54. The first-order chi connectivity index (χ1) is 8.65. The number of carbonyl (C=O) groups is 2. The molecule has 1 aromatic rings. The van der Waals surface area contributed by atoms with E-state index >= 15 is 0 Å². The third kappa shape index (κ3) is 2.25. The molecular formula is C13H15N3O2. The van der Waals surface area contributed by atoms with E-state index in [4.69, 9.17) is 0 Å². The molecule has 0 saturated carbocycles. The van der Waals surface area contributed by atoms with Crippen LogP contribution in [0, 0.1) is 0 Å². The molecule has 1 unspecified atom stereocenters. The third-order valence-electron chi connectivity index (χ3n) is 2.86. The molecule has 0 aliphatic carbocycles. The van der Waals surface area contributed by atoms with Crippen molar-refractivity contribution in [3.63, 3.8) is 0 Å². The summed E-state index contributed by atoms with van der Waals surface area (Å²) < 4.78 is 1.61. The Balaban J connectivity index is 2.31. The first-order valence-electron chi connectivity index (χ1n) is 5.83. The molecule has 0 aromatic carbocycles. The van der Waals surface area contributed by atoms with Crippen LogP contribution in [0.15, 0.2) is 18.9 Å². The minimum Gasteiger partial charge on any atom is -0.295 e. The highest BCUT2D eigenvalue weighted by atomic mass is 16.2. The number of piperidine rings is 1. The number of hydrogen-bond donors (Lipinski definition) is 1. The van der Waals surface area contributed by atoms with Gasteiger partial charge in [-0.3, -0.25) is 19.6 Å². The molecule has 2 rings (SSSR count). The van der Waals surface area contributed by atoms with Crippen molar-refractivity contribution in [1.29, 1.82) is 0 Å². The Bertz CT molecular complexity index is 528. The lowest BCUT2D eigenvalue weighted by Gasteiger charge is -2.20. The van der Waals surface area contributed by atoms with Crippen LogP contribution in [0.3, 0.4) is 0 Å². The summed E-state index contributed by atoms with van der Waals surface area (Å²) in [7, 11) is 0. The molecule has 0 radical (unpaired) electrons. The summed E-state index contributed by atoms with van der Waals surface area (Å²) in [5.41, 5.74) is 1.65. The average Bonchev–Trinajstić information content (AvgIpc) is 2.72. The van der Waals surface area contributed by atoms with Crippen molar-refractivity contribution in [2.24, 2.45) is 0 Å². The van der Waals surface area contributed by atoms with Gasteiger partial charge in [0.1, 0.15) is 6.04 Å². The summed E-state index contributed by atoms with van der Waals surface area (Å²) >= 11 is 0. The van der Waals surface area contributed by atoms with E-state index in [0.29, 0.717) is 12.8 Å². The van der Waals surface area contributed by atoms with Gasteiger partial charge in [-0.05, 0) is 19.4 Å². The Labute approximate surface area is 105 Å². The number of hydrogen-bond acceptors (Lipinski definition) is 3. The van der Waals surface area contributed by atoms with Crippen LogP contribution in [0.5, 0.6) is 0 Å². The minimum atomic E-state index is -0.416. The lowest BCUT2D eigenvalue weighted by molar-refractivity contribution is -0.135. The van der Waals surface area contributed by atoms with E-state index in [0.717, 1.165) is 11.3 Å². The number of amides is 2. The van der Waals surface area contributed by atoms with Gasteiger partial charge in [0.2, 0.25) is 5.91 Å². The van der Waals surface area contributed by atoms with E-state index in [1.54, 1.807) is 17.0 Å². The van der Waals surface area contributed by atoms with Crippen LogP contribution in [-0.4, -0.2) is 21.6 Å². The maximum Gasteiger partial charge on any atom is 0.251 e. The van der Waals surface area contributed by atoms with Crippen molar-refractivity contribution in [2.75, 3.05) is 0 Å². The lowest BCUT2D eigenvalue weighted by Crippen LogP contribution is -2.41. The summed E-state index contributed by atoms with van der Waals surface area (Å²) in [5, 5.41) is 6.68. The van der Waals surface area contributed by atoms with Crippen LogP contribution in [0.2, 0.25) is 0 Å². The topological polar surface area (TPSA) is 64.0 Å². The molecule has 0 spiro atoms. The number of nitrogens with zero attached hydrogens (tertiary/aromatic N) is 2. The van der Waals surface area contributed by atoms with Gasteiger partial charge in [0.15, 0.2) is 0 Å². The number of aromatic nitrogens is 2. The van der Waals surface area contributed by atoms with E-state index < -0.39 is 6.04 Å². The van der Waals surface area contributed by atoms with Gasteiger partial charge in [0.25, 0.3) is 5.91 Å². The molecule has 0 bridgehead atoms. The summed E-state index contributed by atoms with van der Waals surface area (Å²) in [6.45, 7) is 5.62. The molecule has 1 aliphatic heterocycles. The second-order valence-electron chi connectivity index (χ2n) is 4.12. The fourth-order valence-electron chi connectivity index (χ4n) is 1.96. The van der Waals surface area contributed by atoms with Gasteiger partial charge in [-0.2, -0.15) is 5.10 Å². The maximum absolute atomic E-state index is 11.7. The number of imide groups is 1. The highest BCUT2D eigenvalue weighted by molar-refractivity contribution is 5.99. The molecule has 5 heteroatoms. The van der Waals surface area contributed by atoms with Crippen molar-refractivity contribution in [3.8, 4) is 0 Å². The van der Waals surface area contributed by atoms with Crippen LogP contribution >= 0.6 is 0 Å². The van der Waals surface area contributed by atoms with Crippen molar-refractivity contribution < 1.29 is 9.59 Å². The van der Waals surface area contributed by atoms with E-state index in [2.05, 4.69) is 17.0 Å². The molecule has 94 valence electrons. The first kappa shape index (κ1) is 12.3. The van der Waals surface area contributed by atoms with Crippen molar-refractivity contribution >= 4 is 24.0 Å². The summed E-state index contributed by atoms with van der Waals surface area (Å²) in [6.07, 6.45) is 8.05. The molecule has 18 heavy (non-hydrogen) atoms. The molecule has 1 saturated heterocycles. The zero-order valence-electron chi connectivity index (χ0n) is 10.2. The summed E-state index contributed by atoms with van der Waals surface area (Å²) in [6, 6.07) is -0.416. The van der Waals surface area contributed by atoms with Crippen molar-refractivity contribution in [1.82, 2.24) is 15.1 Å². The van der Waals surface area contributed by atoms with Crippen molar-refractivity contribution in [2.45, 2.75) is 25.8 Å². The third-order valence-corrected chi connectivity index (χ3v) is 2.86. The standard InChI is InChI=1S/C13H15N3O2/c1-3-5-10-9(4-2)8-16(15-10)11-6-7-12(17)14-13(11)18/h3-5,8,11H,2,6-7H2,1H3,(H,14,17,18)/b5-3-. The second kappa shape index (κ2) is 5.00. The Morgan fingerprint density at radius 1 is 1.56 bits per heavy atom. The summed E-state index contributed by atoms with van der Waals surface area (Å²) in [4.78, 5) is 22.8. The van der Waals surface area contributed by atoms with Crippen LogP contribution in [0.1, 0.15) is 37.1 Å². The minimum absolute atomic E-state index is 0.221. The normalized spacial score (nSPS) is 20.2. The molecular weight excluding hydrogens is 230 g/mol. The maximum atomic E-state index is 11.7. The predicted molar refractivity (Wildman–Crippen MR) is 68.4 cm³/mol.